The van der Waals surface area contributed by atoms with E-state index in [1.165, 1.54) is 18.2 Å². The second-order valence-electron chi connectivity index (χ2n) is 6.47. The molecule has 0 aliphatic carbocycles. The summed E-state index contributed by atoms with van der Waals surface area (Å²) in [5.74, 6) is -1.24. The molecule has 0 aromatic heterocycles. The van der Waals surface area contributed by atoms with Crippen molar-refractivity contribution in [3.63, 3.8) is 0 Å². The van der Waals surface area contributed by atoms with Crippen LogP contribution in [0.15, 0.2) is 65.6 Å². The molecule has 31 heavy (non-hydrogen) atoms. The lowest BCUT2D eigenvalue weighted by Gasteiger charge is -2.10. The third kappa shape index (κ3) is 6.18. The lowest BCUT2D eigenvalue weighted by atomic mass is 10.1. The molecule has 0 unspecified atom stereocenters. The fourth-order valence-electron chi connectivity index (χ4n) is 2.78. The van der Waals surface area contributed by atoms with Gasteiger partial charge in [-0.05, 0) is 35.0 Å². The van der Waals surface area contributed by atoms with Crippen LogP contribution in [0.3, 0.4) is 0 Å². The summed E-state index contributed by atoms with van der Waals surface area (Å²) in [6.45, 7) is -0.732. The molecule has 0 saturated heterocycles. The molecule has 0 bridgehead atoms. The molecule has 0 heterocycles. The first-order valence-corrected chi connectivity index (χ1v) is 11.4. The van der Waals surface area contributed by atoms with Crippen LogP contribution >= 0.6 is 23.2 Å². The molecule has 0 radical (unpaired) electrons. The number of carbonyl (C=O) groups excluding carboxylic acids is 2. The first kappa shape index (κ1) is 23.0. The maximum Gasteiger partial charge on any atom is 0.307 e. The minimum Gasteiger partial charge on any atom is -0.456 e. The average molecular weight is 481 g/mol. The molecule has 10 heteroatoms. The molecular formula is C21H18Cl2N2O5S. The molecule has 0 saturated carbocycles. The summed E-state index contributed by atoms with van der Waals surface area (Å²) in [6, 6.07) is 17.4. The number of benzene rings is 3. The first-order chi connectivity index (χ1) is 14.8. The number of rotatable bonds is 8. The monoisotopic (exact) mass is 480 g/mol. The Morgan fingerprint density at radius 2 is 1.58 bits per heavy atom. The van der Waals surface area contributed by atoms with E-state index >= 15 is 0 Å². The van der Waals surface area contributed by atoms with Gasteiger partial charge in [-0.25, -0.2) is 13.1 Å². The van der Waals surface area contributed by atoms with E-state index in [0.717, 1.165) is 10.8 Å². The van der Waals surface area contributed by atoms with E-state index in [2.05, 4.69) is 10.0 Å². The van der Waals surface area contributed by atoms with Gasteiger partial charge in [0.25, 0.3) is 5.91 Å². The van der Waals surface area contributed by atoms with Gasteiger partial charge in [-0.15, -0.1) is 0 Å². The highest BCUT2D eigenvalue weighted by Crippen LogP contribution is 2.28. The summed E-state index contributed by atoms with van der Waals surface area (Å²) >= 11 is 11.8. The Balaban J connectivity index is 1.46. The predicted octanol–water partition coefficient (Wildman–Crippen LogP) is 4.00. The third-order valence-corrected chi connectivity index (χ3v) is 6.62. The molecule has 3 aromatic rings. The molecule has 0 aliphatic rings. The Morgan fingerprint density at radius 3 is 2.29 bits per heavy atom. The van der Waals surface area contributed by atoms with Crippen molar-refractivity contribution in [3.05, 3.63) is 70.7 Å². The zero-order valence-corrected chi connectivity index (χ0v) is 18.4. The molecule has 3 rings (SSSR count). The summed E-state index contributed by atoms with van der Waals surface area (Å²) in [7, 11) is -4.01. The number of ether oxygens (including phenoxy) is 1. The summed E-state index contributed by atoms with van der Waals surface area (Å²) in [5, 5.41) is 4.57. The highest BCUT2D eigenvalue weighted by molar-refractivity contribution is 7.89. The third-order valence-electron chi connectivity index (χ3n) is 4.21. The number of nitrogens with one attached hydrogen (secondary N) is 2. The van der Waals surface area contributed by atoms with Gasteiger partial charge in [0.2, 0.25) is 10.0 Å². The predicted molar refractivity (Wildman–Crippen MR) is 120 cm³/mol. The number of hydrogen-bond acceptors (Lipinski definition) is 5. The zero-order chi connectivity index (χ0) is 22.4. The summed E-state index contributed by atoms with van der Waals surface area (Å²) < 4.78 is 31.8. The minimum atomic E-state index is -4.01. The molecular weight excluding hydrogens is 463 g/mol. The van der Waals surface area contributed by atoms with Crippen LogP contribution in [0.25, 0.3) is 10.8 Å². The van der Waals surface area contributed by atoms with Gasteiger partial charge in [-0.2, -0.15) is 0 Å². The van der Waals surface area contributed by atoms with Gasteiger partial charge in [-0.3, -0.25) is 9.59 Å². The smallest absolute Gasteiger partial charge is 0.307 e. The minimum absolute atomic E-state index is 0.0343. The number of esters is 1. The molecule has 0 spiro atoms. The summed E-state index contributed by atoms with van der Waals surface area (Å²) in [4.78, 5) is 23.6. The Kier molecular flexibility index (Phi) is 7.50. The maximum atomic E-state index is 12.3. The number of carbonyl (C=O) groups is 2. The van der Waals surface area contributed by atoms with E-state index in [0.29, 0.717) is 5.69 Å². The van der Waals surface area contributed by atoms with E-state index in [4.69, 9.17) is 27.9 Å². The van der Waals surface area contributed by atoms with Crippen molar-refractivity contribution in [1.29, 1.82) is 0 Å². The van der Waals surface area contributed by atoms with Gasteiger partial charge in [-0.1, -0.05) is 59.6 Å². The van der Waals surface area contributed by atoms with Crippen molar-refractivity contribution in [3.8, 4) is 0 Å². The number of anilines is 1. The summed E-state index contributed by atoms with van der Waals surface area (Å²) in [6.07, 6.45) is -0.273. The highest BCUT2D eigenvalue weighted by atomic mass is 35.5. The molecule has 7 nitrogen and oxygen atoms in total. The van der Waals surface area contributed by atoms with E-state index < -0.39 is 28.5 Å². The van der Waals surface area contributed by atoms with Gasteiger partial charge in [0.1, 0.15) is 4.90 Å². The lowest BCUT2D eigenvalue weighted by Crippen LogP contribution is -2.28. The van der Waals surface area contributed by atoms with Crippen molar-refractivity contribution >= 4 is 61.6 Å². The number of halogens is 2. The van der Waals surface area contributed by atoms with Crippen LogP contribution in [-0.4, -0.2) is 33.4 Å². The second-order valence-corrected chi connectivity index (χ2v) is 8.99. The van der Waals surface area contributed by atoms with Crippen molar-refractivity contribution in [2.45, 2.75) is 11.3 Å². The number of hydrogen-bond donors (Lipinski definition) is 2. The number of amides is 1. The topological polar surface area (TPSA) is 102 Å². The Hall–Kier alpha value is -2.65. The van der Waals surface area contributed by atoms with Gasteiger partial charge < -0.3 is 10.1 Å². The number of sulfonamides is 1. The normalized spacial score (nSPS) is 11.3. The van der Waals surface area contributed by atoms with E-state index in [1.807, 2.05) is 36.4 Å². The van der Waals surface area contributed by atoms with Gasteiger partial charge in [0.05, 0.1) is 16.5 Å². The summed E-state index contributed by atoms with van der Waals surface area (Å²) in [5.41, 5.74) is 0.573. The van der Waals surface area contributed by atoms with Crippen LogP contribution < -0.4 is 10.0 Å². The fourth-order valence-corrected chi connectivity index (χ4v) is 4.95. The molecule has 0 atom stereocenters. The molecule has 162 valence electrons. The first-order valence-electron chi connectivity index (χ1n) is 9.14. The van der Waals surface area contributed by atoms with Crippen molar-refractivity contribution < 1.29 is 22.7 Å². The van der Waals surface area contributed by atoms with Gasteiger partial charge in [0.15, 0.2) is 6.61 Å². The molecule has 3 aromatic carbocycles. The molecule has 2 N–H and O–H groups in total. The van der Waals surface area contributed by atoms with Crippen LogP contribution in [0.5, 0.6) is 0 Å². The average Bonchev–Trinajstić information content (AvgIpc) is 2.72. The van der Waals surface area contributed by atoms with Crippen LogP contribution in [0, 0.1) is 0 Å². The molecule has 1 amide bonds. The van der Waals surface area contributed by atoms with Crippen molar-refractivity contribution in [1.82, 2.24) is 4.72 Å². The Labute approximate surface area is 189 Å². The van der Waals surface area contributed by atoms with Crippen LogP contribution in [0.1, 0.15) is 6.42 Å². The van der Waals surface area contributed by atoms with Crippen LogP contribution in [0.4, 0.5) is 5.69 Å². The lowest BCUT2D eigenvalue weighted by molar-refractivity contribution is -0.147. The maximum absolute atomic E-state index is 12.3. The highest BCUT2D eigenvalue weighted by Gasteiger charge is 2.21. The SMILES string of the molecule is O=C(COC(=O)CCNS(=O)(=O)c1c(Cl)cccc1Cl)Nc1ccc2ccccc2c1. The van der Waals surface area contributed by atoms with E-state index in [9.17, 15) is 18.0 Å². The van der Waals surface area contributed by atoms with Crippen LogP contribution in [-0.2, 0) is 24.3 Å². The standard InChI is InChI=1S/C21H18Cl2N2O5S/c22-17-6-3-7-18(23)21(17)31(28,29)24-11-10-20(27)30-13-19(26)25-16-9-8-14-4-1-2-5-15(14)12-16/h1-9,12,24H,10-11,13H2,(H,25,26). The van der Waals surface area contributed by atoms with Gasteiger partial charge >= 0.3 is 5.97 Å². The fraction of sp³-hybridized carbons (Fsp3) is 0.143. The Morgan fingerprint density at radius 1 is 0.903 bits per heavy atom. The second kappa shape index (κ2) is 10.1. The van der Waals surface area contributed by atoms with E-state index in [1.54, 1.807) is 6.07 Å². The largest absolute Gasteiger partial charge is 0.456 e. The molecule has 0 fully saturated rings. The van der Waals surface area contributed by atoms with Crippen LogP contribution in [0.2, 0.25) is 10.0 Å². The van der Waals surface area contributed by atoms with Crippen molar-refractivity contribution in [2.75, 3.05) is 18.5 Å². The zero-order valence-electron chi connectivity index (χ0n) is 16.1. The molecule has 0 aliphatic heterocycles. The van der Waals surface area contributed by atoms with Gasteiger partial charge in [0, 0.05) is 12.2 Å². The number of fused-ring (bicyclic) bond motifs is 1. The quantitative estimate of drug-likeness (QED) is 0.474. The van der Waals surface area contributed by atoms with Crippen molar-refractivity contribution in [2.24, 2.45) is 0 Å². The van der Waals surface area contributed by atoms with E-state index in [-0.39, 0.29) is 27.9 Å². The Bertz CT molecular complexity index is 1210.